The van der Waals surface area contributed by atoms with Gasteiger partial charge in [-0.15, -0.1) is 0 Å². The minimum atomic E-state index is -1.50. The van der Waals surface area contributed by atoms with Gasteiger partial charge in [0, 0.05) is 18.2 Å². The topological polar surface area (TPSA) is 32.3 Å². The van der Waals surface area contributed by atoms with Gasteiger partial charge >= 0.3 is 0 Å². The van der Waals surface area contributed by atoms with Gasteiger partial charge in [0.15, 0.2) is 23.3 Å². The molecule has 0 aromatic heterocycles. The van der Waals surface area contributed by atoms with E-state index in [2.05, 4.69) is 5.32 Å². The van der Waals surface area contributed by atoms with Crippen LogP contribution in [0.1, 0.15) is 11.1 Å². The molecule has 2 rings (SSSR count). The summed E-state index contributed by atoms with van der Waals surface area (Å²) in [5, 5.41) is 12.0. The predicted molar refractivity (Wildman–Crippen MR) is 66.4 cm³/mol. The van der Waals surface area contributed by atoms with Crippen LogP contribution in [0.4, 0.5) is 23.2 Å². The van der Waals surface area contributed by atoms with E-state index in [0.29, 0.717) is 11.1 Å². The van der Waals surface area contributed by atoms with Crippen molar-refractivity contribution in [2.24, 2.45) is 0 Å². The van der Waals surface area contributed by atoms with Crippen molar-refractivity contribution in [1.82, 2.24) is 0 Å². The third-order valence-electron chi connectivity index (χ3n) is 2.89. The number of aryl methyl sites for hydroxylation is 1. The normalized spacial score (nSPS) is 10.7. The summed E-state index contributed by atoms with van der Waals surface area (Å²) in [6.07, 6.45) is 0. The molecule has 2 aromatic rings. The first-order chi connectivity index (χ1) is 9.41. The minimum absolute atomic E-state index is 0.0438. The number of phenolic OH excluding ortho intramolecular Hbond substituents is 1. The van der Waals surface area contributed by atoms with E-state index in [0.717, 1.165) is 0 Å². The Morgan fingerprint density at radius 1 is 1.05 bits per heavy atom. The summed E-state index contributed by atoms with van der Waals surface area (Å²) in [5.41, 5.74) is 0.0348. The van der Waals surface area contributed by atoms with Crippen molar-refractivity contribution in [3.05, 3.63) is 58.7 Å². The lowest BCUT2D eigenvalue weighted by atomic mass is 10.1. The first-order valence-corrected chi connectivity index (χ1v) is 5.76. The Bertz CT molecular complexity index is 632. The number of para-hydroxylation sites is 1. The van der Waals surface area contributed by atoms with E-state index in [9.17, 15) is 22.7 Å². The van der Waals surface area contributed by atoms with Gasteiger partial charge in [-0.25, -0.2) is 17.6 Å². The Morgan fingerprint density at radius 2 is 1.65 bits per heavy atom. The summed E-state index contributed by atoms with van der Waals surface area (Å²) in [4.78, 5) is 0. The molecule has 106 valence electrons. The maximum absolute atomic E-state index is 13.4. The van der Waals surface area contributed by atoms with Crippen molar-refractivity contribution in [3.8, 4) is 5.75 Å². The number of hydrogen-bond donors (Lipinski definition) is 2. The Balaban J connectivity index is 2.30. The number of nitrogens with one attached hydrogen (secondary N) is 1. The van der Waals surface area contributed by atoms with Crippen LogP contribution in [0.3, 0.4) is 0 Å². The minimum Gasteiger partial charge on any atom is -0.507 e. The highest BCUT2D eigenvalue weighted by Gasteiger charge is 2.19. The van der Waals surface area contributed by atoms with Gasteiger partial charge in [-0.3, -0.25) is 0 Å². The number of rotatable bonds is 3. The van der Waals surface area contributed by atoms with Gasteiger partial charge in [0.2, 0.25) is 0 Å². The number of hydrogen-bond acceptors (Lipinski definition) is 2. The zero-order chi connectivity index (χ0) is 14.9. The van der Waals surface area contributed by atoms with Crippen molar-refractivity contribution < 1.29 is 22.7 Å². The SMILES string of the molecule is Cc1cccc(CNc2c(F)c(F)cc(F)c2F)c1O. The Morgan fingerprint density at radius 3 is 2.25 bits per heavy atom. The molecule has 0 unspecified atom stereocenters. The van der Waals surface area contributed by atoms with Gasteiger partial charge in [-0.2, -0.15) is 0 Å². The van der Waals surface area contributed by atoms with Crippen LogP contribution >= 0.6 is 0 Å². The highest BCUT2D eigenvalue weighted by molar-refractivity contribution is 5.49. The molecule has 0 fully saturated rings. The summed E-state index contributed by atoms with van der Waals surface area (Å²) in [7, 11) is 0. The van der Waals surface area contributed by atoms with Crippen molar-refractivity contribution >= 4 is 5.69 Å². The van der Waals surface area contributed by atoms with Crippen LogP contribution < -0.4 is 5.32 Å². The summed E-state index contributed by atoms with van der Waals surface area (Å²) in [5.74, 6) is -6.02. The molecule has 2 N–H and O–H groups in total. The Hall–Kier alpha value is -2.24. The molecule has 2 nitrogen and oxygen atoms in total. The van der Waals surface area contributed by atoms with Gasteiger partial charge in [-0.05, 0) is 12.5 Å². The second-order valence-corrected chi connectivity index (χ2v) is 4.28. The number of phenols is 1. The lowest BCUT2D eigenvalue weighted by Gasteiger charge is -2.12. The molecule has 0 atom stereocenters. The van der Waals surface area contributed by atoms with Gasteiger partial charge in [0.25, 0.3) is 0 Å². The highest BCUT2D eigenvalue weighted by Crippen LogP contribution is 2.27. The molecular weight excluding hydrogens is 274 g/mol. The number of halogens is 4. The lowest BCUT2D eigenvalue weighted by Crippen LogP contribution is -2.07. The summed E-state index contributed by atoms with van der Waals surface area (Å²) in [6.45, 7) is 1.48. The monoisotopic (exact) mass is 285 g/mol. The second-order valence-electron chi connectivity index (χ2n) is 4.28. The molecule has 0 aliphatic carbocycles. The first kappa shape index (κ1) is 14.2. The average Bonchev–Trinajstić information content (AvgIpc) is 2.41. The molecule has 0 heterocycles. The second kappa shape index (κ2) is 5.40. The third kappa shape index (κ3) is 2.54. The molecular formula is C14H11F4NO. The van der Waals surface area contributed by atoms with Crippen molar-refractivity contribution in [2.75, 3.05) is 5.32 Å². The van der Waals surface area contributed by atoms with E-state index < -0.39 is 29.0 Å². The van der Waals surface area contributed by atoms with E-state index in [1.807, 2.05) is 0 Å². The number of benzene rings is 2. The van der Waals surface area contributed by atoms with Crippen LogP contribution in [-0.4, -0.2) is 5.11 Å². The van der Waals surface area contributed by atoms with Gasteiger partial charge in [0.05, 0.1) is 0 Å². The Kier molecular flexibility index (Phi) is 3.83. The summed E-state index contributed by atoms with van der Waals surface area (Å²) >= 11 is 0. The first-order valence-electron chi connectivity index (χ1n) is 5.76. The van der Waals surface area contributed by atoms with Crippen LogP contribution in [0.25, 0.3) is 0 Å². The highest BCUT2D eigenvalue weighted by atomic mass is 19.2. The molecule has 20 heavy (non-hydrogen) atoms. The van der Waals surface area contributed by atoms with E-state index in [1.165, 1.54) is 6.07 Å². The van der Waals surface area contributed by atoms with Crippen LogP contribution in [-0.2, 0) is 6.54 Å². The molecule has 0 bridgehead atoms. The molecule has 0 aliphatic rings. The van der Waals surface area contributed by atoms with E-state index in [4.69, 9.17) is 0 Å². The van der Waals surface area contributed by atoms with Crippen LogP contribution in [0, 0.1) is 30.2 Å². The fourth-order valence-corrected chi connectivity index (χ4v) is 1.77. The van der Waals surface area contributed by atoms with Gasteiger partial charge in [-0.1, -0.05) is 18.2 Å². The molecule has 0 amide bonds. The molecule has 0 spiro atoms. The van der Waals surface area contributed by atoms with E-state index in [1.54, 1.807) is 19.1 Å². The molecule has 0 saturated heterocycles. The maximum atomic E-state index is 13.4. The summed E-state index contributed by atoms with van der Waals surface area (Å²) in [6, 6.07) is 4.97. The largest absolute Gasteiger partial charge is 0.507 e. The maximum Gasteiger partial charge on any atom is 0.185 e. The third-order valence-corrected chi connectivity index (χ3v) is 2.89. The summed E-state index contributed by atoms with van der Waals surface area (Å²) < 4.78 is 52.9. The Labute approximate surface area is 112 Å². The molecule has 6 heteroatoms. The van der Waals surface area contributed by atoms with Gasteiger partial charge < -0.3 is 10.4 Å². The lowest BCUT2D eigenvalue weighted by molar-refractivity contribution is 0.456. The fourth-order valence-electron chi connectivity index (χ4n) is 1.77. The number of anilines is 1. The van der Waals surface area contributed by atoms with E-state index >= 15 is 0 Å². The van der Waals surface area contributed by atoms with Gasteiger partial charge in [0.1, 0.15) is 11.4 Å². The van der Waals surface area contributed by atoms with Crippen LogP contribution in [0.15, 0.2) is 24.3 Å². The zero-order valence-corrected chi connectivity index (χ0v) is 10.5. The number of aromatic hydroxyl groups is 1. The fraction of sp³-hybridized carbons (Fsp3) is 0.143. The van der Waals surface area contributed by atoms with Crippen molar-refractivity contribution in [3.63, 3.8) is 0 Å². The average molecular weight is 285 g/mol. The smallest absolute Gasteiger partial charge is 0.185 e. The quantitative estimate of drug-likeness (QED) is 0.663. The van der Waals surface area contributed by atoms with Crippen LogP contribution in [0.2, 0.25) is 0 Å². The molecule has 0 radical (unpaired) electrons. The molecule has 0 saturated carbocycles. The van der Waals surface area contributed by atoms with Crippen LogP contribution in [0.5, 0.6) is 5.75 Å². The zero-order valence-electron chi connectivity index (χ0n) is 10.5. The standard InChI is InChI=1S/C14H11F4NO/c1-7-3-2-4-8(14(7)20)6-19-13-11(17)9(15)5-10(16)12(13)18/h2-5,19-20H,6H2,1H3. The molecule has 2 aromatic carbocycles. The van der Waals surface area contributed by atoms with Crippen molar-refractivity contribution in [2.45, 2.75) is 13.5 Å². The molecule has 0 aliphatic heterocycles. The van der Waals surface area contributed by atoms with E-state index in [-0.39, 0.29) is 18.4 Å². The van der Waals surface area contributed by atoms with Crippen molar-refractivity contribution in [1.29, 1.82) is 0 Å². The predicted octanol–water partition coefficient (Wildman–Crippen LogP) is 3.87.